The highest BCUT2D eigenvalue weighted by Gasteiger charge is 2.52. The van der Waals surface area contributed by atoms with E-state index in [9.17, 15) is 31.1 Å². The Balaban J connectivity index is 2.16. The standard InChI is InChI=1S/C14H13ClF6N2O/c15-11-10(2-1-3-22-11)12(24)23-9-5-7(13(16,17)18)4-8(6-9)14(19,20)21/h1-3,7-9H,4-6H2,(H,23,24)/t7-,8-/m1/s1. The molecule has 0 saturated heterocycles. The van der Waals surface area contributed by atoms with Crippen molar-refractivity contribution in [2.75, 3.05) is 0 Å². The maximum absolute atomic E-state index is 12.9. The zero-order valence-electron chi connectivity index (χ0n) is 12.1. The van der Waals surface area contributed by atoms with Crippen LogP contribution in [-0.4, -0.2) is 29.3 Å². The summed E-state index contributed by atoms with van der Waals surface area (Å²) in [4.78, 5) is 15.7. The van der Waals surface area contributed by atoms with Crippen molar-refractivity contribution in [3.05, 3.63) is 29.0 Å². The average Bonchev–Trinajstić information content (AvgIpc) is 2.45. The average molecular weight is 375 g/mol. The van der Waals surface area contributed by atoms with Gasteiger partial charge in [0.2, 0.25) is 0 Å². The molecule has 0 bridgehead atoms. The lowest BCUT2D eigenvalue weighted by atomic mass is 9.77. The Morgan fingerprint density at radius 2 is 1.62 bits per heavy atom. The fourth-order valence-electron chi connectivity index (χ4n) is 2.79. The number of hydrogen-bond donors (Lipinski definition) is 1. The first-order valence-electron chi connectivity index (χ1n) is 7.03. The van der Waals surface area contributed by atoms with Crippen LogP contribution in [0.25, 0.3) is 0 Å². The number of rotatable bonds is 2. The smallest absolute Gasteiger partial charge is 0.349 e. The zero-order chi connectivity index (χ0) is 18.1. The van der Waals surface area contributed by atoms with E-state index in [2.05, 4.69) is 10.3 Å². The second kappa shape index (κ2) is 6.78. The van der Waals surface area contributed by atoms with Gasteiger partial charge in [0.05, 0.1) is 17.4 Å². The highest BCUT2D eigenvalue weighted by atomic mass is 35.5. The molecule has 1 N–H and O–H groups in total. The summed E-state index contributed by atoms with van der Waals surface area (Å²) in [5.74, 6) is -5.08. The van der Waals surface area contributed by atoms with Crippen LogP contribution in [0.1, 0.15) is 29.6 Å². The number of amides is 1. The fourth-order valence-corrected chi connectivity index (χ4v) is 3.00. The van der Waals surface area contributed by atoms with E-state index in [1.54, 1.807) is 0 Å². The van der Waals surface area contributed by atoms with Crippen LogP contribution in [0.4, 0.5) is 26.3 Å². The van der Waals surface area contributed by atoms with E-state index in [1.165, 1.54) is 18.3 Å². The summed E-state index contributed by atoms with van der Waals surface area (Å²) >= 11 is 5.71. The van der Waals surface area contributed by atoms with Gasteiger partial charge in [-0.3, -0.25) is 4.79 Å². The van der Waals surface area contributed by atoms with Gasteiger partial charge in [0.15, 0.2) is 0 Å². The van der Waals surface area contributed by atoms with Crippen LogP contribution in [0.3, 0.4) is 0 Å². The third kappa shape index (κ3) is 4.52. The van der Waals surface area contributed by atoms with Crippen molar-refractivity contribution < 1.29 is 31.1 Å². The van der Waals surface area contributed by atoms with E-state index >= 15 is 0 Å². The summed E-state index contributed by atoms with van der Waals surface area (Å²) < 4.78 is 77.3. The Labute approximate surface area is 138 Å². The van der Waals surface area contributed by atoms with Crippen LogP contribution in [0, 0.1) is 11.8 Å². The van der Waals surface area contributed by atoms with Crippen molar-refractivity contribution in [1.82, 2.24) is 10.3 Å². The number of hydrogen-bond acceptors (Lipinski definition) is 2. The Morgan fingerprint density at radius 1 is 1.08 bits per heavy atom. The molecule has 134 valence electrons. The van der Waals surface area contributed by atoms with Crippen molar-refractivity contribution in [2.24, 2.45) is 11.8 Å². The summed E-state index contributed by atoms with van der Waals surface area (Å²) in [6.45, 7) is 0. The number of carbonyl (C=O) groups excluding carboxylic acids is 1. The van der Waals surface area contributed by atoms with Crippen LogP contribution in [-0.2, 0) is 0 Å². The molecule has 1 aliphatic rings. The van der Waals surface area contributed by atoms with Gasteiger partial charge in [-0.1, -0.05) is 11.6 Å². The van der Waals surface area contributed by atoms with E-state index in [1.807, 2.05) is 0 Å². The summed E-state index contributed by atoms with van der Waals surface area (Å²) in [5, 5.41) is 2.04. The van der Waals surface area contributed by atoms with Gasteiger partial charge in [0, 0.05) is 12.2 Å². The molecule has 0 spiro atoms. The normalized spacial score (nSPS) is 25.4. The molecule has 0 radical (unpaired) electrons. The van der Waals surface area contributed by atoms with Gasteiger partial charge in [0.25, 0.3) is 5.91 Å². The molecule has 2 rings (SSSR count). The number of aromatic nitrogens is 1. The van der Waals surface area contributed by atoms with Crippen LogP contribution in [0.5, 0.6) is 0 Å². The molecule has 3 nitrogen and oxygen atoms in total. The molecule has 10 heteroatoms. The van der Waals surface area contributed by atoms with E-state index in [4.69, 9.17) is 11.6 Å². The van der Waals surface area contributed by atoms with Crippen molar-refractivity contribution in [3.63, 3.8) is 0 Å². The molecule has 0 aromatic carbocycles. The quantitative estimate of drug-likeness (QED) is 0.617. The molecule has 0 unspecified atom stereocenters. The summed E-state index contributed by atoms with van der Waals surface area (Å²) in [7, 11) is 0. The van der Waals surface area contributed by atoms with E-state index in [0.717, 1.165) is 0 Å². The predicted molar refractivity (Wildman–Crippen MR) is 73.4 cm³/mol. The van der Waals surface area contributed by atoms with Gasteiger partial charge in [-0.25, -0.2) is 4.98 Å². The first kappa shape index (κ1) is 18.8. The SMILES string of the molecule is O=C(NC1C[C@H](C(F)(F)F)C[C@@H](C(F)(F)F)C1)c1cccnc1Cl. The monoisotopic (exact) mass is 374 g/mol. The third-order valence-corrected chi connectivity index (χ3v) is 4.27. The lowest BCUT2D eigenvalue weighted by Gasteiger charge is -2.37. The molecular formula is C14H13ClF6N2O. The lowest BCUT2D eigenvalue weighted by Crippen LogP contribution is -2.47. The second-order valence-electron chi connectivity index (χ2n) is 5.70. The minimum Gasteiger partial charge on any atom is -0.349 e. The fraction of sp³-hybridized carbons (Fsp3) is 0.571. The highest BCUT2D eigenvalue weighted by molar-refractivity contribution is 6.32. The summed E-state index contributed by atoms with van der Waals surface area (Å²) in [6.07, 6.45) is -10.4. The minimum atomic E-state index is -4.75. The van der Waals surface area contributed by atoms with Gasteiger partial charge >= 0.3 is 12.4 Å². The van der Waals surface area contributed by atoms with Gasteiger partial charge in [0.1, 0.15) is 5.15 Å². The number of nitrogens with one attached hydrogen (secondary N) is 1. The second-order valence-corrected chi connectivity index (χ2v) is 6.05. The van der Waals surface area contributed by atoms with Crippen molar-refractivity contribution in [2.45, 2.75) is 37.7 Å². The molecule has 24 heavy (non-hydrogen) atoms. The van der Waals surface area contributed by atoms with Crippen LogP contribution in [0.2, 0.25) is 5.15 Å². The molecule has 1 heterocycles. The summed E-state index contributed by atoms with van der Waals surface area (Å²) in [5.41, 5.74) is -0.100. The maximum Gasteiger partial charge on any atom is 0.391 e. The predicted octanol–water partition coefficient (Wildman–Crippen LogP) is 4.37. The molecular weight excluding hydrogens is 362 g/mol. The Morgan fingerprint density at radius 3 is 2.08 bits per heavy atom. The number of pyridine rings is 1. The van der Waals surface area contributed by atoms with Gasteiger partial charge < -0.3 is 5.32 Å². The molecule has 1 aromatic rings. The molecule has 1 amide bonds. The summed E-state index contributed by atoms with van der Waals surface area (Å²) in [6, 6.07) is 1.43. The third-order valence-electron chi connectivity index (χ3n) is 3.97. The van der Waals surface area contributed by atoms with Crippen LogP contribution < -0.4 is 5.32 Å². The van der Waals surface area contributed by atoms with Crippen LogP contribution >= 0.6 is 11.6 Å². The van der Waals surface area contributed by atoms with Gasteiger partial charge in [-0.05, 0) is 31.4 Å². The maximum atomic E-state index is 12.9. The lowest BCUT2D eigenvalue weighted by molar-refractivity contribution is -0.225. The molecule has 0 aliphatic heterocycles. The van der Waals surface area contributed by atoms with E-state index in [-0.39, 0.29) is 10.7 Å². The van der Waals surface area contributed by atoms with Crippen molar-refractivity contribution >= 4 is 17.5 Å². The number of alkyl halides is 6. The highest BCUT2D eigenvalue weighted by Crippen LogP contribution is 2.45. The minimum absolute atomic E-state index is 0.100. The first-order valence-corrected chi connectivity index (χ1v) is 7.41. The van der Waals surface area contributed by atoms with E-state index < -0.39 is 55.4 Å². The van der Waals surface area contributed by atoms with Crippen molar-refractivity contribution in [3.8, 4) is 0 Å². The Kier molecular flexibility index (Phi) is 5.31. The number of carbonyl (C=O) groups is 1. The first-order chi connectivity index (χ1) is 11.0. The molecule has 1 fully saturated rings. The number of halogens is 7. The van der Waals surface area contributed by atoms with Crippen molar-refractivity contribution in [1.29, 1.82) is 0 Å². The molecule has 1 aromatic heterocycles. The molecule has 1 aliphatic carbocycles. The Bertz CT molecular complexity index is 582. The largest absolute Gasteiger partial charge is 0.391 e. The number of nitrogens with zero attached hydrogens (tertiary/aromatic N) is 1. The van der Waals surface area contributed by atoms with Crippen LogP contribution in [0.15, 0.2) is 18.3 Å². The van der Waals surface area contributed by atoms with Gasteiger partial charge in [-0.15, -0.1) is 0 Å². The van der Waals surface area contributed by atoms with Gasteiger partial charge in [-0.2, -0.15) is 26.3 Å². The Hall–Kier alpha value is -1.51. The molecule has 2 atom stereocenters. The zero-order valence-corrected chi connectivity index (χ0v) is 12.8. The van der Waals surface area contributed by atoms with E-state index in [0.29, 0.717) is 0 Å². The topological polar surface area (TPSA) is 42.0 Å². The molecule has 1 saturated carbocycles.